The number of ether oxygens (including phenoxy) is 4. The Morgan fingerprint density at radius 2 is 1.39 bits per heavy atom. The van der Waals surface area contributed by atoms with Crippen molar-refractivity contribution in [2.75, 3.05) is 28.4 Å². The molecule has 0 fully saturated rings. The lowest BCUT2D eigenvalue weighted by molar-refractivity contribution is 0.0965. The van der Waals surface area contributed by atoms with Gasteiger partial charge in [0.1, 0.15) is 5.75 Å². The van der Waals surface area contributed by atoms with Crippen molar-refractivity contribution in [2.45, 2.75) is 0 Å². The normalized spacial score (nSPS) is 10.7. The monoisotopic (exact) mass is 445 g/mol. The number of ketones is 1. The number of rotatable bonds is 7. The quantitative estimate of drug-likeness (QED) is 0.387. The minimum Gasteiger partial charge on any atom is -0.497 e. The number of carbonyl (C=O) groups excluding carboxylic acids is 2. The molecule has 0 aliphatic rings. The maximum atomic E-state index is 13.6. The first kappa shape index (κ1) is 22.0. The fraction of sp³-hybridized carbons (Fsp3) is 0.154. The molecule has 168 valence electrons. The standard InChI is InChI=1S/C26H23NO6/c1-30-18-10-11-19-20(15-27(21(19)14-18)26(29)16-8-6-5-7-9-16)24(28)17-12-22(31-2)25(33-4)23(13-17)32-3/h5-15H,1-4H3. The molecule has 33 heavy (non-hydrogen) atoms. The molecule has 3 aromatic carbocycles. The highest BCUT2D eigenvalue weighted by molar-refractivity contribution is 6.18. The van der Waals surface area contributed by atoms with Gasteiger partial charge in [0.2, 0.25) is 5.75 Å². The van der Waals surface area contributed by atoms with Crippen LogP contribution in [-0.2, 0) is 0 Å². The van der Waals surface area contributed by atoms with Crippen LogP contribution in [0.3, 0.4) is 0 Å². The zero-order valence-corrected chi connectivity index (χ0v) is 18.7. The first-order valence-corrected chi connectivity index (χ1v) is 10.2. The average Bonchev–Trinajstić information content (AvgIpc) is 3.25. The molecule has 4 rings (SSSR count). The zero-order chi connectivity index (χ0) is 23.5. The number of fused-ring (bicyclic) bond motifs is 1. The van der Waals surface area contributed by atoms with E-state index in [-0.39, 0.29) is 11.7 Å². The van der Waals surface area contributed by atoms with Crippen LogP contribution in [0.5, 0.6) is 23.0 Å². The van der Waals surface area contributed by atoms with Gasteiger partial charge in [-0.25, -0.2) is 0 Å². The molecule has 0 saturated carbocycles. The molecule has 0 aliphatic heterocycles. The van der Waals surface area contributed by atoms with E-state index in [0.29, 0.717) is 50.6 Å². The van der Waals surface area contributed by atoms with E-state index in [9.17, 15) is 9.59 Å². The number of aromatic nitrogens is 1. The van der Waals surface area contributed by atoms with Crippen LogP contribution in [0.25, 0.3) is 10.9 Å². The third-order valence-corrected chi connectivity index (χ3v) is 5.42. The molecule has 1 aromatic heterocycles. The highest BCUT2D eigenvalue weighted by Crippen LogP contribution is 2.39. The van der Waals surface area contributed by atoms with Gasteiger partial charge in [-0.3, -0.25) is 14.2 Å². The maximum absolute atomic E-state index is 13.6. The van der Waals surface area contributed by atoms with Crippen molar-refractivity contribution in [3.63, 3.8) is 0 Å². The van der Waals surface area contributed by atoms with Crippen molar-refractivity contribution in [3.05, 3.63) is 83.6 Å². The summed E-state index contributed by atoms with van der Waals surface area (Å²) in [6, 6.07) is 17.3. The molecule has 1 heterocycles. The van der Waals surface area contributed by atoms with E-state index in [0.717, 1.165) is 0 Å². The number of hydrogen-bond acceptors (Lipinski definition) is 6. The van der Waals surface area contributed by atoms with Crippen LogP contribution in [0, 0.1) is 0 Å². The van der Waals surface area contributed by atoms with Crippen LogP contribution in [0.4, 0.5) is 0 Å². The van der Waals surface area contributed by atoms with Crippen molar-refractivity contribution < 1.29 is 28.5 Å². The summed E-state index contributed by atoms with van der Waals surface area (Å²) in [6.07, 6.45) is 1.56. The van der Waals surface area contributed by atoms with Crippen molar-refractivity contribution in [3.8, 4) is 23.0 Å². The Morgan fingerprint density at radius 1 is 0.727 bits per heavy atom. The van der Waals surface area contributed by atoms with Crippen LogP contribution in [0.1, 0.15) is 26.3 Å². The molecule has 0 amide bonds. The van der Waals surface area contributed by atoms with Crippen molar-refractivity contribution in [1.82, 2.24) is 4.57 Å². The van der Waals surface area contributed by atoms with Gasteiger partial charge >= 0.3 is 0 Å². The van der Waals surface area contributed by atoms with Gasteiger partial charge < -0.3 is 18.9 Å². The number of carbonyl (C=O) groups is 2. The predicted octanol–water partition coefficient (Wildman–Crippen LogP) is 4.60. The van der Waals surface area contributed by atoms with E-state index in [1.807, 2.05) is 6.07 Å². The van der Waals surface area contributed by atoms with Crippen LogP contribution < -0.4 is 18.9 Å². The Labute approximate surface area is 191 Å². The fourth-order valence-electron chi connectivity index (χ4n) is 3.77. The van der Waals surface area contributed by atoms with Crippen LogP contribution in [0.2, 0.25) is 0 Å². The van der Waals surface area contributed by atoms with Crippen molar-refractivity contribution in [2.24, 2.45) is 0 Å². The maximum Gasteiger partial charge on any atom is 0.262 e. The summed E-state index contributed by atoms with van der Waals surface area (Å²) in [5.41, 5.74) is 1.78. The molecule has 0 spiro atoms. The van der Waals surface area contributed by atoms with Gasteiger partial charge in [-0.05, 0) is 36.4 Å². The number of nitrogens with zero attached hydrogens (tertiary/aromatic N) is 1. The van der Waals surface area contributed by atoms with Gasteiger partial charge in [0, 0.05) is 34.3 Å². The molecular formula is C26H23NO6. The Bertz CT molecular complexity index is 1310. The summed E-state index contributed by atoms with van der Waals surface area (Å²) in [5, 5.41) is 0.624. The third kappa shape index (κ3) is 3.89. The molecule has 0 bridgehead atoms. The smallest absolute Gasteiger partial charge is 0.262 e. The molecule has 0 saturated heterocycles. The van der Waals surface area contributed by atoms with E-state index in [1.165, 1.54) is 25.9 Å². The lowest BCUT2D eigenvalue weighted by Gasteiger charge is -2.13. The van der Waals surface area contributed by atoms with Gasteiger partial charge in [0.05, 0.1) is 34.0 Å². The van der Waals surface area contributed by atoms with Gasteiger partial charge in [-0.1, -0.05) is 18.2 Å². The number of hydrogen-bond donors (Lipinski definition) is 0. The number of methoxy groups -OCH3 is 4. The molecule has 0 radical (unpaired) electrons. The van der Waals surface area contributed by atoms with Gasteiger partial charge in [0.25, 0.3) is 5.91 Å². The molecular weight excluding hydrogens is 422 g/mol. The molecule has 4 aromatic rings. The minimum atomic E-state index is -0.288. The second-order valence-electron chi connectivity index (χ2n) is 7.21. The summed E-state index contributed by atoms with van der Waals surface area (Å²) >= 11 is 0. The summed E-state index contributed by atoms with van der Waals surface area (Å²) in [5.74, 6) is 1.16. The molecule has 0 aliphatic carbocycles. The van der Waals surface area contributed by atoms with Crippen LogP contribution in [-0.4, -0.2) is 44.7 Å². The Morgan fingerprint density at radius 3 is 1.97 bits per heavy atom. The van der Waals surface area contributed by atoms with E-state index in [2.05, 4.69) is 0 Å². The Balaban J connectivity index is 1.90. The second-order valence-corrected chi connectivity index (χ2v) is 7.21. The molecule has 0 unspecified atom stereocenters. The Hall–Kier alpha value is -4.26. The first-order chi connectivity index (χ1) is 16.0. The fourth-order valence-corrected chi connectivity index (χ4v) is 3.77. The minimum absolute atomic E-state index is 0.252. The van der Waals surface area contributed by atoms with Gasteiger partial charge in [-0.2, -0.15) is 0 Å². The largest absolute Gasteiger partial charge is 0.497 e. The molecule has 0 N–H and O–H groups in total. The average molecular weight is 445 g/mol. The van der Waals surface area contributed by atoms with Crippen LogP contribution in [0.15, 0.2) is 66.9 Å². The Kier molecular flexibility index (Phi) is 6.04. The van der Waals surface area contributed by atoms with E-state index in [1.54, 1.807) is 67.9 Å². The molecule has 7 nitrogen and oxygen atoms in total. The van der Waals surface area contributed by atoms with Crippen molar-refractivity contribution >= 4 is 22.6 Å². The van der Waals surface area contributed by atoms with Gasteiger partial charge in [0.15, 0.2) is 17.3 Å². The summed E-state index contributed by atoms with van der Waals surface area (Å²) in [7, 11) is 6.03. The topological polar surface area (TPSA) is 76.0 Å². The highest BCUT2D eigenvalue weighted by Gasteiger charge is 2.23. The van der Waals surface area contributed by atoms with Crippen LogP contribution >= 0.6 is 0 Å². The summed E-state index contributed by atoms with van der Waals surface area (Å²) in [6.45, 7) is 0. The van der Waals surface area contributed by atoms with E-state index < -0.39 is 0 Å². The molecule has 7 heteroatoms. The summed E-state index contributed by atoms with van der Waals surface area (Å²) in [4.78, 5) is 26.9. The zero-order valence-electron chi connectivity index (χ0n) is 18.7. The SMILES string of the molecule is COc1ccc2c(C(=O)c3cc(OC)c(OC)c(OC)c3)cn(C(=O)c3ccccc3)c2c1. The first-order valence-electron chi connectivity index (χ1n) is 10.2. The third-order valence-electron chi connectivity index (χ3n) is 5.42. The highest BCUT2D eigenvalue weighted by atomic mass is 16.5. The van der Waals surface area contributed by atoms with Gasteiger partial charge in [-0.15, -0.1) is 0 Å². The van der Waals surface area contributed by atoms with E-state index >= 15 is 0 Å². The number of benzene rings is 3. The van der Waals surface area contributed by atoms with Crippen molar-refractivity contribution in [1.29, 1.82) is 0 Å². The molecule has 0 atom stereocenters. The predicted molar refractivity (Wildman–Crippen MR) is 124 cm³/mol. The lowest BCUT2D eigenvalue weighted by Crippen LogP contribution is -2.11. The summed E-state index contributed by atoms with van der Waals surface area (Å²) < 4.78 is 23.0. The van der Waals surface area contributed by atoms with E-state index in [4.69, 9.17) is 18.9 Å². The second kappa shape index (κ2) is 9.08. The lowest BCUT2D eigenvalue weighted by atomic mass is 10.0.